The van der Waals surface area contributed by atoms with Crippen LogP contribution in [0.3, 0.4) is 0 Å². The smallest absolute Gasteiger partial charge is 0.231 e. The Morgan fingerprint density at radius 3 is 2.24 bits per heavy atom. The van der Waals surface area contributed by atoms with Gasteiger partial charge in [0.1, 0.15) is 0 Å². The first-order valence-corrected chi connectivity index (χ1v) is 6.49. The molecule has 1 aliphatic carbocycles. The highest BCUT2D eigenvalue weighted by atomic mass is 79.9. The van der Waals surface area contributed by atoms with Crippen molar-refractivity contribution in [2.24, 2.45) is 0 Å². The van der Waals surface area contributed by atoms with Gasteiger partial charge >= 0.3 is 0 Å². The molecular formula is C13H12BrNO2. The lowest BCUT2D eigenvalue weighted by Crippen LogP contribution is -2.36. The molecule has 0 unspecified atom stereocenters. The van der Waals surface area contributed by atoms with Gasteiger partial charge in [-0.2, -0.15) is 0 Å². The third-order valence-corrected chi connectivity index (χ3v) is 4.13. The number of carbonyl (C=O) groups is 2. The molecule has 1 saturated carbocycles. The number of benzene rings is 1. The average molecular weight is 294 g/mol. The maximum absolute atomic E-state index is 11.8. The molecule has 2 aliphatic rings. The van der Waals surface area contributed by atoms with Crippen LogP contribution in [-0.2, 0) is 15.1 Å². The van der Waals surface area contributed by atoms with E-state index in [9.17, 15) is 9.59 Å². The summed E-state index contributed by atoms with van der Waals surface area (Å²) in [5.41, 5.74) is 0.952. The molecule has 17 heavy (non-hydrogen) atoms. The Kier molecular flexibility index (Phi) is 2.36. The number of ketones is 1. The van der Waals surface area contributed by atoms with Crippen molar-refractivity contribution in [2.75, 3.05) is 6.54 Å². The maximum Gasteiger partial charge on any atom is 0.231 e. The number of hydrogen-bond acceptors (Lipinski definition) is 2. The highest BCUT2D eigenvalue weighted by Gasteiger charge is 2.53. The monoisotopic (exact) mass is 293 g/mol. The van der Waals surface area contributed by atoms with E-state index in [-0.39, 0.29) is 30.2 Å². The fourth-order valence-electron chi connectivity index (χ4n) is 2.57. The fraction of sp³-hybridized carbons (Fsp3) is 0.385. The van der Waals surface area contributed by atoms with Crippen molar-refractivity contribution < 1.29 is 9.59 Å². The first-order chi connectivity index (χ1) is 8.12. The normalized spacial score (nSPS) is 22.1. The van der Waals surface area contributed by atoms with Crippen molar-refractivity contribution >= 4 is 27.6 Å². The maximum atomic E-state index is 11.8. The molecule has 1 aliphatic heterocycles. The Balaban J connectivity index is 1.94. The SMILES string of the molecule is O=C1CC(=O)N(C2(c3ccc(Br)cc3)CC2)C1. The summed E-state index contributed by atoms with van der Waals surface area (Å²) in [6.45, 7) is 0.287. The summed E-state index contributed by atoms with van der Waals surface area (Å²) in [7, 11) is 0. The van der Waals surface area contributed by atoms with E-state index in [1.807, 2.05) is 24.3 Å². The second kappa shape index (κ2) is 3.67. The van der Waals surface area contributed by atoms with Gasteiger partial charge in [-0.3, -0.25) is 9.59 Å². The lowest BCUT2D eigenvalue weighted by Gasteiger charge is -2.27. The first kappa shape index (κ1) is 11.0. The molecule has 1 saturated heterocycles. The molecule has 1 amide bonds. The molecule has 1 aromatic carbocycles. The van der Waals surface area contributed by atoms with Crippen LogP contribution < -0.4 is 0 Å². The summed E-state index contributed by atoms with van der Waals surface area (Å²) in [6.07, 6.45) is 2.01. The lowest BCUT2D eigenvalue weighted by molar-refractivity contribution is -0.130. The van der Waals surface area contributed by atoms with E-state index in [1.165, 1.54) is 0 Å². The van der Waals surface area contributed by atoms with Crippen LogP contribution >= 0.6 is 15.9 Å². The molecule has 1 aromatic rings. The summed E-state index contributed by atoms with van der Waals surface area (Å²) in [6, 6.07) is 8.04. The second-order valence-corrected chi connectivity index (χ2v) is 5.65. The zero-order chi connectivity index (χ0) is 12.0. The summed E-state index contributed by atoms with van der Waals surface area (Å²) < 4.78 is 1.03. The summed E-state index contributed by atoms with van der Waals surface area (Å²) in [5.74, 6) is 0.0220. The van der Waals surface area contributed by atoms with Gasteiger partial charge in [-0.1, -0.05) is 28.1 Å². The number of halogens is 1. The minimum Gasteiger partial charge on any atom is -0.325 e. The summed E-state index contributed by atoms with van der Waals surface area (Å²) in [4.78, 5) is 24.9. The first-order valence-electron chi connectivity index (χ1n) is 5.70. The average Bonchev–Trinajstić information content (AvgIpc) is 3.01. The van der Waals surface area contributed by atoms with Crippen molar-refractivity contribution in [2.45, 2.75) is 24.8 Å². The van der Waals surface area contributed by atoms with E-state index >= 15 is 0 Å². The number of rotatable bonds is 2. The molecule has 0 atom stereocenters. The number of hydrogen-bond donors (Lipinski definition) is 0. The van der Waals surface area contributed by atoms with Gasteiger partial charge in [0.15, 0.2) is 5.78 Å². The molecule has 0 aromatic heterocycles. The van der Waals surface area contributed by atoms with Gasteiger partial charge in [-0.15, -0.1) is 0 Å². The van der Waals surface area contributed by atoms with Gasteiger partial charge in [-0.25, -0.2) is 0 Å². The number of Topliss-reactive ketones (excluding diaryl/α,β-unsaturated/α-hetero) is 1. The third-order valence-electron chi connectivity index (χ3n) is 3.61. The lowest BCUT2D eigenvalue weighted by atomic mass is 10.0. The molecule has 3 rings (SSSR count). The summed E-state index contributed by atoms with van der Waals surface area (Å²) in [5, 5.41) is 0. The minimum absolute atomic E-state index is 0.0181. The van der Waals surface area contributed by atoms with Crippen LogP contribution in [0.4, 0.5) is 0 Å². The number of carbonyl (C=O) groups excluding carboxylic acids is 2. The van der Waals surface area contributed by atoms with Gasteiger partial charge in [0.05, 0.1) is 18.5 Å². The Hall–Kier alpha value is -1.16. The molecule has 0 bridgehead atoms. The standard InChI is InChI=1S/C13H12BrNO2/c14-10-3-1-9(2-4-10)13(5-6-13)15-8-11(16)7-12(15)17/h1-4H,5-8H2. The largest absolute Gasteiger partial charge is 0.325 e. The van der Waals surface area contributed by atoms with Crippen LogP contribution in [0, 0.1) is 0 Å². The zero-order valence-electron chi connectivity index (χ0n) is 9.28. The highest BCUT2D eigenvalue weighted by Crippen LogP contribution is 2.52. The molecule has 1 heterocycles. The Morgan fingerprint density at radius 2 is 1.76 bits per heavy atom. The van der Waals surface area contributed by atoms with Gasteiger partial charge in [0.2, 0.25) is 5.91 Å². The van der Waals surface area contributed by atoms with Crippen molar-refractivity contribution in [3.8, 4) is 0 Å². The second-order valence-electron chi connectivity index (χ2n) is 4.73. The topological polar surface area (TPSA) is 37.4 Å². The number of amides is 1. The fourth-order valence-corrected chi connectivity index (χ4v) is 2.83. The van der Waals surface area contributed by atoms with E-state index in [0.717, 1.165) is 22.9 Å². The van der Waals surface area contributed by atoms with E-state index in [2.05, 4.69) is 15.9 Å². The molecule has 88 valence electrons. The van der Waals surface area contributed by atoms with Crippen molar-refractivity contribution in [3.63, 3.8) is 0 Å². The van der Waals surface area contributed by atoms with Crippen molar-refractivity contribution in [3.05, 3.63) is 34.3 Å². The van der Waals surface area contributed by atoms with Gasteiger partial charge in [0, 0.05) is 4.47 Å². The summed E-state index contributed by atoms with van der Waals surface area (Å²) >= 11 is 3.40. The van der Waals surface area contributed by atoms with Gasteiger partial charge < -0.3 is 4.90 Å². The van der Waals surface area contributed by atoms with Crippen molar-refractivity contribution in [1.82, 2.24) is 4.90 Å². The highest BCUT2D eigenvalue weighted by molar-refractivity contribution is 9.10. The van der Waals surface area contributed by atoms with Crippen LogP contribution in [0.1, 0.15) is 24.8 Å². The molecule has 0 radical (unpaired) electrons. The Labute approximate surface area is 108 Å². The van der Waals surface area contributed by atoms with Gasteiger partial charge in [0.25, 0.3) is 0 Å². The van der Waals surface area contributed by atoms with E-state index in [0.29, 0.717) is 0 Å². The van der Waals surface area contributed by atoms with Crippen molar-refractivity contribution in [1.29, 1.82) is 0 Å². The third kappa shape index (κ3) is 1.71. The quantitative estimate of drug-likeness (QED) is 0.784. The molecule has 0 N–H and O–H groups in total. The predicted molar refractivity (Wildman–Crippen MR) is 66.4 cm³/mol. The van der Waals surface area contributed by atoms with E-state index in [1.54, 1.807) is 4.90 Å². The number of nitrogens with zero attached hydrogens (tertiary/aromatic N) is 1. The molecular weight excluding hydrogens is 282 g/mol. The predicted octanol–water partition coefficient (Wildman–Crippen LogP) is 2.24. The Bertz CT molecular complexity index is 491. The Morgan fingerprint density at radius 1 is 1.12 bits per heavy atom. The van der Waals surface area contributed by atoms with Crippen LogP contribution in [0.5, 0.6) is 0 Å². The van der Waals surface area contributed by atoms with Crippen LogP contribution in [0.15, 0.2) is 28.7 Å². The van der Waals surface area contributed by atoms with Gasteiger partial charge in [-0.05, 0) is 30.5 Å². The minimum atomic E-state index is -0.191. The van der Waals surface area contributed by atoms with Crippen LogP contribution in [0.25, 0.3) is 0 Å². The van der Waals surface area contributed by atoms with E-state index < -0.39 is 0 Å². The molecule has 2 fully saturated rings. The molecule has 4 heteroatoms. The zero-order valence-corrected chi connectivity index (χ0v) is 10.9. The van der Waals surface area contributed by atoms with E-state index in [4.69, 9.17) is 0 Å². The molecule has 3 nitrogen and oxygen atoms in total. The number of likely N-dealkylation sites (tertiary alicyclic amines) is 1. The van der Waals surface area contributed by atoms with Crippen LogP contribution in [-0.4, -0.2) is 23.1 Å². The van der Waals surface area contributed by atoms with Crippen LogP contribution in [0.2, 0.25) is 0 Å². The molecule has 0 spiro atoms.